The zero-order valence-electron chi connectivity index (χ0n) is 54.8. The maximum Gasteiger partial charge on any atom is 0.260 e. The van der Waals surface area contributed by atoms with Crippen LogP contribution in [0.4, 0.5) is 51.2 Å². The van der Waals surface area contributed by atoms with Crippen molar-refractivity contribution in [3.05, 3.63) is 222 Å². The number of benzene rings is 11. The van der Waals surface area contributed by atoms with Crippen LogP contribution >= 0.6 is 0 Å². The molecule has 0 spiro atoms. The Kier molecular flexibility index (Phi) is 11.0. The molecule has 0 aliphatic carbocycles. The smallest absolute Gasteiger partial charge is 0.260 e. The normalized spacial score (nSPS) is 15.1. The van der Waals surface area contributed by atoms with Crippen molar-refractivity contribution in [2.45, 2.75) is 105 Å². The van der Waals surface area contributed by atoms with Crippen LogP contribution in [0, 0.1) is 0 Å². The monoisotopic (exact) mass is 1200 g/mol. The van der Waals surface area contributed by atoms with E-state index in [1.165, 1.54) is 72.1 Å². The summed E-state index contributed by atoms with van der Waals surface area (Å²) in [5.74, 6) is 6.96. The molecule has 8 heterocycles. The Balaban J connectivity index is 0.896. The molecule has 19 rings (SSSR count). The Morgan fingerprint density at radius 2 is 0.570 bits per heavy atom. The zero-order valence-corrected chi connectivity index (χ0v) is 54.8. The maximum atomic E-state index is 7.46. The number of para-hydroxylation sites is 4. The van der Waals surface area contributed by atoms with Crippen LogP contribution in [0.3, 0.4) is 0 Å². The second-order valence-corrected chi connectivity index (χ2v) is 31.2. The van der Waals surface area contributed by atoms with Gasteiger partial charge in [-0.05, 0) is 177 Å². The van der Waals surface area contributed by atoms with Crippen LogP contribution in [-0.2, 0) is 21.7 Å². The summed E-state index contributed by atoms with van der Waals surface area (Å²) in [6.45, 7) is 26.7. The Bertz CT molecular complexity index is 4840. The topological polar surface area (TPSA) is 46.6 Å². The Labute approximate surface area is 547 Å². The van der Waals surface area contributed by atoms with Crippen molar-refractivity contribution in [3.8, 4) is 46.0 Å². The van der Waals surface area contributed by atoms with Gasteiger partial charge in [0.1, 0.15) is 46.0 Å². The molecule has 11 aromatic rings. The summed E-state index contributed by atoms with van der Waals surface area (Å²) in [7, 11) is 0. The lowest BCUT2D eigenvalue weighted by Crippen LogP contribution is -2.69. The van der Waals surface area contributed by atoms with E-state index in [0.29, 0.717) is 0 Å². The van der Waals surface area contributed by atoms with E-state index < -0.39 is 0 Å². The summed E-state index contributed by atoms with van der Waals surface area (Å²) >= 11 is 0. The number of rotatable bonds is 2. The van der Waals surface area contributed by atoms with Gasteiger partial charge < -0.3 is 33.6 Å². The van der Waals surface area contributed by atoms with Crippen molar-refractivity contribution >= 4 is 144 Å². The standard InChI is InChI=1S/C82H69B4N3O4/c1-79(2,3)46-31-33-54-66(35-46)90-70-37-48(81(7,8)9)39-72-76(70)85(54)58-41-56-62(44-68(58)92-72)87(50-23-15-13-16-24-50)64-43-65-75-78-74(64)83(56)52-27-19-21-29-60(52)89(78)61-30-22-20-28-53(61)84(75)57-42-59-69(45-63(57)88(65)51-25-17-14-18-26-51)93-73-40-49(82(10,11)12)38-71-77(73)86(59)55-34-32-47(80(4,5)6)36-67(55)91-71/h13-45H,1-12H3. The van der Waals surface area contributed by atoms with Gasteiger partial charge in [0, 0.05) is 74.2 Å². The largest absolute Gasteiger partial charge is 0.458 e. The van der Waals surface area contributed by atoms with Crippen LogP contribution in [-0.4, -0.2) is 26.9 Å². The van der Waals surface area contributed by atoms with Gasteiger partial charge in [-0.2, -0.15) is 0 Å². The van der Waals surface area contributed by atoms with Gasteiger partial charge in [0.05, 0.1) is 0 Å². The molecule has 0 bridgehead atoms. The van der Waals surface area contributed by atoms with Gasteiger partial charge in [0.2, 0.25) is 0 Å². The van der Waals surface area contributed by atoms with Crippen LogP contribution in [0.2, 0.25) is 0 Å². The third-order valence-corrected chi connectivity index (χ3v) is 21.4. The fraction of sp³-hybridized carbons (Fsp3) is 0.195. The van der Waals surface area contributed by atoms with Gasteiger partial charge in [-0.25, -0.2) is 0 Å². The van der Waals surface area contributed by atoms with Crippen LogP contribution in [0.15, 0.2) is 200 Å². The highest BCUT2D eigenvalue weighted by Crippen LogP contribution is 2.52. The van der Waals surface area contributed by atoms with Gasteiger partial charge in [-0.15, -0.1) is 0 Å². The summed E-state index contributed by atoms with van der Waals surface area (Å²) in [4.78, 5) is 7.73. The first-order valence-corrected chi connectivity index (χ1v) is 33.3. The van der Waals surface area contributed by atoms with Crippen molar-refractivity contribution in [2.24, 2.45) is 0 Å². The summed E-state index contributed by atoms with van der Waals surface area (Å²) < 4.78 is 29.2. The lowest BCUT2D eigenvalue weighted by atomic mass is 9.27. The van der Waals surface area contributed by atoms with E-state index in [0.717, 1.165) is 113 Å². The highest BCUT2D eigenvalue weighted by molar-refractivity contribution is 7.06. The molecule has 8 aliphatic heterocycles. The number of hydrogen-bond acceptors (Lipinski definition) is 7. The van der Waals surface area contributed by atoms with Crippen LogP contribution in [0.1, 0.15) is 105 Å². The summed E-state index contributed by atoms with van der Waals surface area (Å²) in [5, 5.41) is 0. The van der Waals surface area contributed by atoms with E-state index in [1.54, 1.807) is 0 Å². The van der Waals surface area contributed by atoms with E-state index in [9.17, 15) is 0 Å². The van der Waals surface area contributed by atoms with Crippen LogP contribution < -0.4 is 99.2 Å². The molecule has 0 saturated carbocycles. The molecule has 0 fully saturated rings. The minimum Gasteiger partial charge on any atom is -0.458 e. The van der Waals surface area contributed by atoms with Gasteiger partial charge in [0.15, 0.2) is 0 Å². The second kappa shape index (κ2) is 18.5. The van der Waals surface area contributed by atoms with Crippen LogP contribution in [0.25, 0.3) is 0 Å². The predicted molar refractivity (Wildman–Crippen MR) is 390 cm³/mol. The van der Waals surface area contributed by atoms with E-state index >= 15 is 0 Å². The molecule has 0 aromatic heterocycles. The van der Waals surface area contributed by atoms with E-state index in [2.05, 4.69) is 298 Å². The Morgan fingerprint density at radius 3 is 0.946 bits per heavy atom. The fourth-order valence-corrected chi connectivity index (χ4v) is 16.8. The first-order valence-electron chi connectivity index (χ1n) is 33.3. The molecule has 448 valence electrons. The van der Waals surface area contributed by atoms with Crippen LogP contribution in [0.5, 0.6) is 46.0 Å². The third-order valence-electron chi connectivity index (χ3n) is 21.4. The van der Waals surface area contributed by atoms with Crippen molar-refractivity contribution < 1.29 is 18.9 Å². The van der Waals surface area contributed by atoms with Crippen molar-refractivity contribution in [3.63, 3.8) is 0 Å². The molecule has 11 heteroatoms. The SMILES string of the molecule is CC(C)(C)c1ccc2c(c1)Oc1cc(C(C)(C)C)cc3c1B2c1cc2c(cc1O3)N(c1ccccc1)c1cc3c4c5c1B2c1ccccc1N5c1ccccc1B4c1cc2c(cc1N3c1ccccc1)Oc1cc(C(C)(C)C)cc3c1B2c1ccc(C(C)(C)C)cc1O3. The minimum atomic E-state index is -0.168. The average molecular weight is 1200 g/mol. The molecule has 0 saturated heterocycles. The number of anilines is 9. The van der Waals surface area contributed by atoms with Gasteiger partial charge >= 0.3 is 0 Å². The molecular weight excluding hydrogens is 1130 g/mol. The first-order chi connectivity index (χ1) is 44.6. The fourth-order valence-electron chi connectivity index (χ4n) is 16.8. The maximum absolute atomic E-state index is 7.46. The number of nitrogens with zero attached hydrogens (tertiary/aromatic N) is 3. The van der Waals surface area contributed by atoms with Gasteiger partial charge in [0.25, 0.3) is 26.9 Å². The van der Waals surface area contributed by atoms with Crippen molar-refractivity contribution in [1.82, 2.24) is 0 Å². The molecule has 0 N–H and O–H groups in total. The molecule has 0 atom stereocenters. The van der Waals surface area contributed by atoms with Crippen molar-refractivity contribution in [1.29, 1.82) is 0 Å². The molecule has 0 unspecified atom stereocenters. The minimum absolute atomic E-state index is 0.0752. The first kappa shape index (κ1) is 55.0. The summed E-state index contributed by atoms with van der Waals surface area (Å²) in [6, 6.07) is 75.8. The number of fused-ring (bicyclic) bond motifs is 18. The van der Waals surface area contributed by atoms with Gasteiger partial charge in [-0.1, -0.05) is 192 Å². The number of ether oxygens (including phenoxy) is 4. The van der Waals surface area contributed by atoms with Crippen molar-refractivity contribution in [2.75, 3.05) is 14.7 Å². The molecule has 8 aliphatic rings. The third kappa shape index (κ3) is 7.71. The average Bonchev–Trinajstić information content (AvgIpc) is 0.668. The molecule has 93 heavy (non-hydrogen) atoms. The van der Waals surface area contributed by atoms with E-state index in [4.69, 9.17) is 18.9 Å². The molecule has 0 amide bonds. The van der Waals surface area contributed by atoms with Gasteiger partial charge in [-0.3, -0.25) is 0 Å². The van der Waals surface area contributed by atoms with E-state index in [1.807, 2.05) is 0 Å². The molecule has 11 aromatic carbocycles. The zero-order chi connectivity index (χ0) is 63.3. The Morgan fingerprint density at radius 1 is 0.237 bits per heavy atom. The highest BCUT2D eigenvalue weighted by atomic mass is 16.5. The quantitative estimate of drug-likeness (QED) is 0.160. The molecular formula is C82H69B4N3O4. The Hall–Kier alpha value is -9.72. The summed E-state index contributed by atoms with van der Waals surface area (Å²) in [6.07, 6.45) is 0. The molecule has 0 radical (unpaired) electrons. The molecule has 7 nitrogen and oxygen atoms in total. The number of hydrogen-bond donors (Lipinski definition) is 0. The summed E-state index contributed by atoms with van der Waals surface area (Å²) in [5.41, 5.74) is 28.9. The van der Waals surface area contributed by atoms with E-state index in [-0.39, 0.29) is 48.5 Å². The lowest BCUT2D eigenvalue weighted by molar-refractivity contribution is 0.456. The lowest BCUT2D eigenvalue weighted by Gasteiger charge is -2.51. The second-order valence-electron chi connectivity index (χ2n) is 31.2. The predicted octanol–water partition coefficient (Wildman–Crippen LogP) is 13.0. The highest BCUT2D eigenvalue weighted by Gasteiger charge is 2.54.